The number of fused-ring (bicyclic) bond motifs is 1. The van der Waals surface area contributed by atoms with Gasteiger partial charge in [-0.2, -0.15) is 0 Å². The van der Waals surface area contributed by atoms with Crippen molar-refractivity contribution in [1.82, 2.24) is 14.9 Å². The summed E-state index contributed by atoms with van der Waals surface area (Å²) in [5.41, 5.74) is 3.88. The molecule has 1 aromatic heterocycles. The number of nitrogens with one attached hydrogen (secondary N) is 1. The molecular weight excluding hydrogens is 360 g/mol. The summed E-state index contributed by atoms with van der Waals surface area (Å²) in [4.78, 5) is 23.7. The van der Waals surface area contributed by atoms with Crippen LogP contribution in [0.2, 0.25) is 0 Å². The Bertz CT molecular complexity index is 1140. The molecule has 0 aliphatic heterocycles. The number of hydrogen-bond acceptors (Lipinski definition) is 4. The first-order valence-corrected chi connectivity index (χ1v) is 9.50. The molecule has 0 saturated heterocycles. The molecule has 1 N–H and O–H groups in total. The molecule has 0 spiro atoms. The van der Waals surface area contributed by atoms with Crippen LogP contribution in [0.25, 0.3) is 10.9 Å². The first-order chi connectivity index (χ1) is 14.1. The van der Waals surface area contributed by atoms with E-state index in [1.54, 1.807) is 11.9 Å². The molecule has 0 saturated carbocycles. The summed E-state index contributed by atoms with van der Waals surface area (Å²) >= 11 is 0. The number of rotatable bonds is 5. The van der Waals surface area contributed by atoms with E-state index in [4.69, 9.17) is 0 Å². The van der Waals surface area contributed by atoms with Crippen LogP contribution in [-0.2, 0) is 6.54 Å². The van der Waals surface area contributed by atoms with E-state index in [1.165, 1.54) is 5.56 Å². The van der Waals surface area contributed by atoms with Crippen molar-refractivity contribution in [2.45, 2.75) is 13.5 Å². The Morgan fingerprint density at radius 1 is 0.897 bits per heavy atom. The molecule has 0 aliphatic rings. The van der Waals surface area contributed by atoms with Crippen molar-refractivity contribution < 1.29 is 4.79 Å². The van der Waals surface area contributed by atoms with E-state index >= 15 is 0 Å². The van der Waals surface area contributed by atoms with Gasteiger partial charge in [-0.25, -0.2) is 9.97 Å². The van der Waals surface area contributed by atoms with Crippen LogP contribution in [0, 0.1) is 6.92 Å². The fourth-order valence-corrected chi connectivity index (χ4v) is 3.14. The maximum atomic E-state index is 13.0. The maximum absolute atomic E-state index is 13.0. The lowest BCUT2D eigenvalue weighted by Gasteiger charge is -2.17. The van der Waals surface area contributed by atoms with E-state index in [9.17, 15) is 4.79 Å². The van der Waals surface area contributed by atoms with E-state index in [-0.39, 0.29) is 11.7 Å². The number of hydrogen-bond donors (Lipinski definition) is 1. The molecule has 29 heavy (non-hydrogen) atoms. The first kappa shape index (κ1) is 18.6. The lowest BCUT2D eigenvalue weighted by atomic mass is 10.2. The third-order valence-electron chi connectivity index (χ3n) is 4.72. The summed E-state index contributed by atoms with van der Waals surface area (Å²) in [5.74, 6) is 0.583. The van der Waals surface area contributed by atoms with Gasteiger partial charge in [0.25, 0.3) is 5.91 Å². The van der Waals surface area contributed by atoms with E-state index in [0.29, 0.717) is 12.4 Å². The molecule has 0 fully saturated rings. The van der Waals surface area contributed by atoms with Crippen LogP contribution >= 0.6 is 0 Å². The highest BCUT2D eigenvalue weighted by Gasteiger charge is 2.18. The Morgan fingerprint density at radius 2 is 1.59 bits per heavy atom. The fourth-order valence-electron chi connectivity index (χ4n) is 3.14. The predicted octanol–water partition coefficient (Wildman–Crippen LogP) is 4.95. The highest BCUT2D eigenvalue weighted by molar-refractivity contribution is 5.97. The molecular formula is C24H22N4O. The summed E-state index contributed by atoms with van der Waals surface area (Å²) in [6.45, 7) is 2.54. The molecule has 5 heteroatoms. The number of para-hydroxylation sites is 1. The molecule has 4 rings (SSSR count). The summed E-state index contributed by atoms with van der Waals surface area (Å²) in [5, 5.41) is 4.21. The second kappa shape index (κ2) is 8.10. The zero-order chi connectivity index (χ0) is 20.2. The lowest BCUT2D eigenvalue weighted by molar-refractivity contribution is 0.0773. The minimum absolute atomic E-state index is 0.178. The Morgan fingerprint density at radius 3 is 2.34 bits per heavy atom. The van der Waals surface area contributed by atoms with Crippen molar-refractivity contribution in [3.05, 3.63) is 95.8 Å². The zero-order valence-corrected chi connectivity index (χ0v) is 16.5. The van der Waals surface area contributed by atoms with E-state index in [2.05, 4.69) is 15.3 Å². The van der Waals surface area contributed by atoms with E-state index in [1.807, 2.05) is 85.8 Å². The normalized spacial score (nSPS) is 10.7. The van der Waals surface area contributed by atoms with E-state index < -0.39 is 0 Å². The summed E-state index contributed by atoms with van der Waals surface area (Å²) < 4.78 is 0. The van der Waals surface area contributed by atoms with Crippen LogP contribution in [0.3, 0.4) is 0 Å². The number of benzene rings is 3. The number of nitrogens with zero attached hydrogens (tertiary/aromatic N) is 3. The van der Waals surface area contributed by atoms with Gasteiger partial charge in [-0.1, -0.05) is 60.2 Å². The van der Waals surface area contributed by atoms with Crippen molar-refractivity contribution in [2.24, 2.45) is 0 Å². The third-order valence-corrected chi connectivity index (χ3v) is 4.72. The number of aryl methyl sites for hydroxylation is 1. The van der Waals surface area contributed by atoms with Crippen molar-refractivity contribution in [2.75, 3.05) is 12.4 Å². The quantitative estimate of drug-likeness (QED) is 0.530. The Hall–Kier alpha value is -3.73. The first-order valence-electron chi connectivity index (χ1n) is 9.50. The standard InChI is InChI=1S/C24H22N4O/c1-17-12-14-19(15-13-17)25-22-20-10-6-7-11-21(20)26-23(27-22)24(29)28(2)16-18-8-4-3-5-9-18/h3-15H,16H2,1-2H3,(H,25,26,27). The van der Waals surface area contributed by atoms with Crippen LogP contribution in [0.4, 0.5) is 11.5 Å². The fraction of sp³-hybridized carbons (Fsp3) is 0.125. The van der Waals surface area contributed by atoms with Crippen LogP contribution in [-0.4, -0.2) is 27.8 Å². The van der Waals surface area contributed by atoms with Gasteiger partial charge in [0, 0.05) is 24.7 Å². The van der Waals surface area contributed by atoms with Crippen LogP contribution in [0.15, 0.2) is 78.9 Å². The molecule has 1 heterocycles. The molecule has 4 aromatic rings. The van der Waals surface area contributed by atoms with Gasteiger partial charge in [-0.15, -0.1) is 0 Å². The Balaban J connectivity index is 1.67. The average Bonchev–Trinajstić information content (AvgIpc) is 2.75. The molecule has 5 nitrogen and oxygen atoms in total. The molecule has 0 unspecified atom stereocenters. The van der Waals surface area contributed by atoms with Crippen molar-refractivity contribution in [1.29, 1.82) is 0 Å². The largest absolute Gasteiger partial charge is 0.340 e. The highest BCUT2D eigenvalue weighted by Crippen LogP contribution is 2.24. The molecule has 0 bridgehead atoms. The van der Waals surface area contributed by atoms with Crippen LogP contribution in [0.5, 0.6) is 0 Å². The zero-order valence-electron chi connectivity index (χ0n) is 16.5. The van der Waals surface area contributed by atoms with Gasteiger partial charge in [-0.05, 0) is 36.8 Å². The van der Waals surface area contributed by atoms with Gasteiger partial charge < -0.3 is 10.2 Å². The summed E-state index contributed by atoms with van der Waals surface area (Å²) in [6.07, 6.45) is 0. The van der Waals surface area contributed by atoms with Crippen molar-refractivity contribution in [3.8, 4) is 0 Å². The number of carbonyl (C=O) groups excluding carboxylic acids is 1. The van der Waals surface area contributed by atoms with Crippen LogP contribution < -0.4 is 5.32 Å². The van der Waals surface area contributed by atoms with Gasteiger partial charge in [0.05, 0.1) is 5.52 Å². The Kier molecular flexibility index (Phi) is 5.20. The van der Waals surface area contributed by atoms with Crippen molar-refractivity contribution in [3.63, 3.8) is 0 Å². The number of anilines is 2. The summed E-state index contributed by atoms with van der Waals surface area (Å²) in [7, 11) is 1.76. The number of amides is 1. The molecule has 0 aliphatic carbocycles. The van der Waals surface area contributed by atoms with Gasteiger partial charge in [0.2, 0.25) is 5.82 Å². The monoisotopic (exact) mass is 382 g/mol. The topological polar surface area (TPSA) is 58.1 Å². The van der Waals surface area contributed by atoms with Gasteiger partial charge in [-0.3, -0.25) is 4.79 Å². The van der Waals surface area contributed by atoms with Gasteiger partial charge in [0.15, 0.2) is 0 Å². The maximum Gasteiger partial charge on any atom is 0.291 e. The van der Waals surface area contributed by atoms with E-state index in [0.717, 1.165) is 22.2 Å². The van der Waals surface area contributed by atoms with Crippen molar-refractivity contribution >= 4 is 28.3 Å². The molecule has 3 aromatic carbocycles. The SMILES string of the molecule is Cc1ccc(Nc2nc(C(=O)N(C)Cc3ccccc3)nc3ccccc23)cc1. The summed E-state index contributed by atoms with van der Waals surface area (Å²) in [6, 6.07) is 25.6. The highest BCUT2D eigenvalue weighted by atomic mass is 16.2. The number of carbonyl (C=O) groups is 1. The lowest BCUT2D eigenvalue weighted by Crippen LogP contribution is -2.28. The Labute approximate surface area is 170 Å². The second-order valence-corrected chi connectivity index (χ2v) is 7.05. The molecule has 1 amide bonds. The molecule has 0 radical (unpaired) electrons. The number of aromatic nitrogens is 2. The third kappa shape index (κ3) is 4.24. The second-order valence-electron chi connectivity index (χ2n) is 7.05. The predicted molar refractivity (Wildman–Crippen MR) is 116 cm³/mol. The molecule has 0 atom stereocenters. The average molecular weight is 382 g/mol. The molecule has 144 valence electrons. The minimum Gasteiger partial charge on any atom is -0.340 e. The smallest absolute Gasteiger partial charge is 0.291 e. The van der Waals surface area contributed by atoms with Gasteiger partial charge in [0.1, 0.15) is 5.82 Å². The van der Waals surface area contributed by atoms with Gasteiger partial charge >= 0.3 is 0 Å². The van der Waals surface area contributed by atoms with Crippen LogP contribution in [0.1, 0.15) is 21.7 Å². The minimum atomic E-state index is -0.216.